The average molecular weight is 414 g/mol. The van der Waals surface area contributed by atoms with Crippen molar-refractivity contribution >= 4 is 46.5 Å². The Balaban J connectivity index is 2.10. The van der Waals surface area contributed by atoms with Crippen molar-refractivity contribution in [3.8, 4) is 0 Å². The van der Waals surface area contributed by atoms with E-state index in [4.69, 9.17) is 12.2 Å². The molecule has 0 aromatic heterocycles. The molecule has 2 heterocycles. The first-order valence-corrected chi connectivity index (χ1v) is 9.82. The summed E-state index contributed by atoms with van der Waals surface area (Å²) in [6.07, 6.45) is 4.93. The van der Waals surface area contributed by atoms with Crippen molar-refractivity contribution in [2.75, 3.05) is 18.0 Å². The molecule has 1 N–H and O–H groups in total. The number of hydrogen-bond donors (Lipinski definition) is 1. The molecule has 0 radical (unpaired) electrons. The number of anilines is 1. The van der Waals surface area contributed by atoms with Crippen LogP contribution in [-0.4, -0.2) is 40.5 Å². The standard InChI is InChI=1S/C22H24FN3O2S/c1-6-8-25-20(28)16(19(27)24-21(25)29)10-14-9-15-13(3)12-22(4,5)26(7-2)18(15)11-17(14)23/h6,9-12H,1,7-8H2,2-5H3,(H,24,27,29)/b16-10+. The number of halogens is 1. The van der Waals surface area contributed by atoms with E-state index in [1.165, 1.54) is 23.1 Å². The van der Waals surface area contributed by atoms with Gasteiger partial charge in [-0.25, -0.2) is 4.39 Å². The number of nitrogens with zero attached hydrogens (tertiary/aromatic N) is 2. The maximum Gasteiger partial charge on any atom is 0.265 e. The van der Waals surface area contributed by atoms with Gasteiger partial charge in [0.2, 0.25) is 0 Å². The molecule has 2 aliphatic rings. The Labute approximate surface area is 175 Å². The third kappa shape index (κ3) is 3.62. The van der Waals surface area contributed by atoms with Crippen LogP contribution in [0.2, 0.25) is 0 Å². The van der Waals surface area contributed by atoms with Gasteiger partial charge in [0, 0.05) is 29.9 Å². The molecule has 0 atom stereocenters. The smallest absolute Gasteiger partial charge is 0.265 e. The average Bonchev–Trinajstić information content (AvgIpc) is 2.62. The molecule has 1 aromatic rings. The lowest BCUT2D eigenvalue weighted by Crippen LogP contribution is -2.53. The van der Waals surface area contributed by atoms with Gasteiger partial charge in [-0.2, -0.15) is 0 Å². The summed E-state index contributed by atoms with van der Waals surface area (Å²) in [6.45, 7) is 12.6. The summed E-state index contributed by atoms with van der Waals surface area (Å²) in [5, 5.41) is 2.49. The Kier molecular flexibility index (Phi) is 5.45. The fourth-order valence-corrected chi connectivity index (χ4v) is 4.20. The molecule has 2 aliphatic heterocycles. The molecule has 0 spiro atoms. The first-order valence-electron chi connectivity index (χ1n) is 9.41. The minimum absolute atomic E-state index is 0.0163. The van der Waals surface area contributed by atoms with Crippen LogP contribution in [0.15, 0.2) is 36.4 Å². The molecule has 1 saturated heterocycles. The van der Waals surface area contributed by atoms with Gasteiger partial charge in [0.15, 0.2) is 5.11 Å². The predicted octanol–water partition coefficient (Wildman–Crippen LogP) is 3.66. The van der Waals surface area contributed by atoms with Gasteiger partial charge in [-0.3, -0.25) is 19.8 Å². The minimum Gasteiger partial charge on any atom is -0.363 e. The number of hydrogen-bond acceptors (Lipinski definition) is 4. The molecule has 2 amide bonds. The van der Waals surface area contributed by atoms with Crippen molar-refractivity contribution in [2.24, 2.45) is 0 Å². The van der Waals surface area contributed by atoms with Crippen LogP contribution < -0.4 is 10.2 Å². The van der Waals surface area contributed by atoms with E-state index in [1.54, 1.807) is 6.07 Å². The number of allylic oxidation sites excluding steroid dienone is 1. The zero-order valence-corrected chi connectivity index (χ0v) is 17.8. The quantitative estimate of drug-likeness (QED) is 0.354. The molecule has 5 nitrogen and oxygen atoms in total. The zero-order valence-electron chi connectivity index (χ0n) is 17.0. The molecule has 1 fully saturated rings. The van der Waals surface area contributed by atoms with E-state index < -0.39 is 17.6 Å². The highest BCUT2D eigenvalue weighted by atomic mass is 32.1. The number of nitrogens with one attached hydrogen (secondary N) is 1. The highest BCUT2D eigenvalue weighted by Gasteiger charge is 2.34. The Morgan fingerprint density at radius 3 is 2.62 bits per heavy atom. The Morgan fingerprint density at radius 1 is 1.31 bits per heavy atom. The van der Waals surface area contributed by atoms with Crippen LogP contribution in [0.25, 0.3) is 11.6 Å². The van der Waals surface area contributed by atoms with E-state index in [0.717, 1.165) is 23.4 Å². The van der Waals surface area contributed by atoms with Gasteiger partial charge in [0.05, 0.1) is 5.54 Å². The van der Waals surface area contributed by atoms with Gasteiger partial charge in [-0.1, -0.05) is 12.2 Å². The van der Waals surface area contributed by atoms with Crippen molar-refractivity contribution < 1.29 is 14.0 Å². The van der Waals surface area contributed by atoms with Crippen molar-refractivity contribution in [3.05, 3.63) is 53.4 Å². The highest BCUT2D eigenvalue weighted by molar-refractivity contribution is 7.80. The van der Waals surface area contributed by atoms with Crippen LogP contribution in [-0.2, 0) is 9.59 Å². The number of fused-ring (bicyclic) bond motifs is 1. The molecule has 0 unspecified atom stereocenters. The van der Waals surface area contributed by atoms with Crippen LogP contribution in [0.5, 0.6) is 0 Å². The van der Waals surface area contributed by atoms with Crippen LogP contribution in [0, 0.1) is 5.82 Å². The summed E-state index contributed by atoms with van der Waals surface area (Å²) in [7, 11) is 0. The lowest BCUT2D eigenvalue weighted by Gasteiger charge is -2.43. The van der Waals surface area contributed by atoms with Crippen molar-refractivity contribution in [1.82, 2.24) is 10.2 Å². The third-order valence-corrected chi connectivity index (χ3v) is 5.53. The summed E-state index contributed by atoms with van der Waals surface area (Å²) in [5.41, 5.74) is 2.47. The molecular weight excluding hydrogens is 389 g/mol. The maximum atomic E-state index is 15.0. The lowest BCUT2D eigenvalue weighted by molar-refractivity contribution is -0.128. The second-order valence-electron chi connectivity index (χ2n) is 7.64. The van der Waals surface area contributed by atoms with Gasteiger partial charge in [0.1, 0.15) is 11.4 Å². The largest absolute Gasteiger partial charge is 0.363 e. The van der Waals surface area contributed by atoms with Gasteiger partial charge in [0.25, 0.3) is 11.8 Å². The van der Waals surface area contributed by atoms with Gasteiger partial charge < -0.3 is 4.90 Å². The van der Waals surface area contributed by atoms with Crippen LogP contribution in [0.1, 0.15) is 38.8 Å². The number of likely N-dealkylation sites (N-methyl/N-ethyl adjacent to an activating group) is 1. The number of carbonyl (C=O) groups is 2. The van der Waals surface area contributed by atoms with Gasteiger partial charge in [-0.05, 0) is 63.7 Å². The van der Waals surface area contributed by atoms with E-state index in [9.17, 15) is 9.59 Å². The molecule has 29 heavy (non-hydrogen) atoms. The highest BCUT2D eigenvalue weighted by Crippen LogP contribution is 2.40. The summed E-state index contributed by atoms with van der Waals surface area (Å²) in [5.74, 6) is -1.70. The molecule has 1 aromatic carbocycles. The van der Waals surface area contributed by atoms with E-state index in [-0.39, 0.29) is 28.3 Å². The summed E-state index contributed by atoms with van der Waals surface area (Å²) in [6, 6.07) is 3.16. The Hall–Kier alpha value is -2.80. The number of benzene rings is 1. The van der Waals surface area contributed by atoms with Gasteiger partial charge >= 0.3 is 0 Å². The molecule has 3 rings (SSSR count). The lowest BCUT2D eigenvalue weighted by atomic mass is 9.87. The van der Waals surface area contributed by atoms with Crippen LogP contribution >= 0.6 is 12.2 Å². The van der Waals surface area contributed by atoms with Crippen molar-refractivity contribution in [2.45, 2.75) is 33.2 Å². The summed E-state index contributed by atoms with van der Waals surface area (Å²) >= 11 is 5.04. The molecule has 0 saturated carbocycles. The topological polar surface area (TPSA) is 52.7 Å². The first kappa shape index (κ1) is 20.9. The predicted molar refractivity (Wildman–Crippen MR) is 118 cm³/mol. The van der Waals surface area contributed by atoms with E-state index in [1.807, 2.05) is 13.8 Å². The summed E-state index contributed by atoms with van der Waals surface area (Å²) in [4.78, 5) is 28.4. The number of amides is 2. The van der Waals surface area contributed by atoms with E-state index in [2.05, 4.69) is 36.7 Å². The third-order valence-electron chi connectivity index (χ3n) is 5.21. The van der Waals surface area contributed by atoms with E-state index >= 15 is 4.39 Å². The second-order valence-corrected chi connectivity index (χ2v) is 8.02. The van der Waals surface area contributed by atoms with Crippen LogP contribution in [0.3, 0.4) is 0 Å². The molecule has 0 bridgehead atoms. The Morgan fingerprint density at radius 2 is 2.00 bits per heavy atom. The first-order chi connectivity index (χ1) is 13.6. The van der Waals surface area contributed by atoms with E-state index in [0.29, 0.717) is 0 Å². The normalized spacial score (nSPS) is 19.8. The van der Waals surface area contributed by atoms with Gasteiger partial charge in [-0.15, -0.1) is 6.58 Å². The molecule has 0 aliphatic carbocycles. The second kappa shape index (κ2) is 7.55. The molecule has 152 valence electrons. The van der Waals surface area contributed by atoms with Crippen molar-refractivity contribution in [1.29, 1.82) is 0 Å². The maximum absolute atomic E-state index is 15.0. The van der Waals surface area contributed by atoms with Crippen LogP contribution in [0.4, 0.5) is 10.1 Å². The van der Waals surface area contributed by atoms with Crippen molar-refractivity contribution in [3.63, 3.8) is 0 Å². The summed E-state index contributed by atoms with van der Waals surface area (Å²) < 4.78 is 15.0. The zero-order chi connectivity index (χ0) is 21.5. The SMILES string of the molecule is C=CCN1C(=O)/C(=C/c2cc3c(cc2F)N(CC)C(C)(C)C=C3C)C(=O)NC1=S. The number of rotatable bonds is 4. The molecular formula is C22H24FN3O2S. The number of thiocarbonyl (C=S) groups is 1. The Bertz CT molecular complexity index is 994. The molecule has 7 heteroatoms. The fraction of sp³-hybridized carbons (Fsp3) is 0.318. The monoisotopic (exact) mass is 413 g/mol. The minimum atomic E-state index is -0.638. The number of carbonyl (C=O) groups excluding carboxylic acids is 2. The fourth-order valence-electron chi connectivity index (χ4n) is 3.95.